The molecule has 1 aliphatic heterocycles. The summed E-state index contributed by atoms with van der Waals surface area (Å²) in [6, 6.07) is 13.3. The van der Waals surface area contributed by atoms with Crippen molar-refractivity contribution in [3.63, 3.8) is 0 Å². The maximum Gasteiger partial charge on any atom is 0.252 e. The summed E-state index contributed by atoms with van der Waals surface area (Å²) in [5, 5.41) is 5.99. The number of hydrogen-bond donors (Lipinski definition) is 0. The summed E-state index contributed by atoms with van der Waals surface area (Å²) < 4.78 is 10.8. The summed E-state index contributed by atoms with van der Waals surface area (Å²) in [4.78, 5) is 19.5. The third-order valence-electron chi connectivity index (χ3n) is 3.86. The van der Waals surface area contributed by atoms with Gasteiger partial charge in [-0.05, 0) is 17.0 Å². The van der Waals surface area contributed by atoms with Crippen molar-refractivity contribution < 1.29 is 14.1 Å². The average molecular weight is 341 g/mol. The Morgan fingerprint density at radius 2 is 2.08 bits per heavy atom. The average Bonchev–Trinajstić information content (AvgIpc) is 3.29. The number of benzene rings is 1. The van der Waals surface area contributed by atoms with E-state index < -0.39 is 0 Å². The summed E-state index contributed by atoms with van der Waals surface area (Å²) in [5.41, 5.74) is 1.05. The van der Waals surface area contributed by atoms with Crippen molar-refractivity contribution in [3.05, 3.63) is 59.3 Å². The fraction of sp³-hybridized carbons (Fsp3) is 0.235. The number of morpholine rings is 1. The van der Waals surface area contributed by atoms with Gasteiger partial charge in [0, 0.05) is 6.54 Å². The highest BCUT2D eigenvalue weighted by Crippen LogP contribution is 2.28. The minimum Gasteiger partial charge on any atom is -0.369 e. The van der Waals surface area contributed by atoms with Crippen LogP contribution in [0.3, 0.4) is 0 Å². The molecule has 3 heterocycles. The van der Waals surface area contributed by atoms with Crippen LogP contribution in [0.1, 0.15) is 17.5 Å². The molecule has 3 aromatic rings. The van der Waals surface area contributed by atoms with Crippen LogP contribution < -0.4 is 0 Å². The third kappa shape index (κ3) is 2.95. The zero-order valence-corrected chi connectivity index (χ0v) is 13.6. The molecule has 1 aliphatic rings. The number of hydrogen-bond acceptors (Lipinski definition) is 6. The number of nitrogens with zero attached hydrogens (tertiary/aromatic N) is 3. The molecular weight excluding hydrogens is 326 g/mol. The first-order valence-corrected chi connectivity index (χ1v) is 8.48. The van der Waals surface area contributed by atoms with Gasteiger partial charge in [0.1, 0.15) is 12.6 Å². The molecule has 6 nitrogen and oxygen atoms in total. The summed E-state index contributed by atoms with van der Waals surface area (Å²) in [5.74, 6) is 0.867. The fourth-order valence-corrected chi connectivity index (χ4v) is 3.31. The molecule has 4 rings (SSSR count). The maximum atomic E-state index is 12.3. The molecule has 1 unspecified atom stereocenters. The Kier molecular flexibility index (Phi) is 4.10. The molecule has 0 bridgehead atoms. The number of ether oxygens (including phenoxy) is 1. The highest BCUT2D eigenvalue weighted by atomic mass is 32.1. The van der Waals surface area contributed by atoms with Crippen molar-refractivity contribution in [2.24, 2.45) is 0 Å². The van der Waals surface area contributed by atoms with Crippen LogP contribution in [0.2, 0.25) is 0 Å². The summed E-state index contributed by atoms with van der Waals surface area (Å²) >= 11 is 1.54. The van der Waals surface area contributed by atoms with Crippen molar-refractivity contribution in [2.45, 2.75) is 12.6 Å². The van der Waals surface area contributed by atoms with Crippen molar-refractivity contribution >= 4 is 17.2 Å². The monoisotopic (exact) mass is 341 g/mol. The van der Waals surface area contributed by atoms with Gasteiger partial charge < -0.3 is 14.2 Å². The smallest absolute Gasteiger partial charge is 0.252 e. The number of carbonyl (C=O) groups excluding carboxylic acids is 1. The molecule has 0 radical (unpaired) electrons. The number of thiophene rings is 1. The number of amides is 1. The molecule has 0 saturated carbocycles. The molecule has 24 heavy (non-hydrogen) atoms. The fourth-order valence-electron chi connectivity index (χ4n) is 2.66. The Labute approximate surface area is 142 Å². The number of aromatic nitrogens is 2. The lowest BCUT2D eigenvalue weighted by atomic mass is 10.1. The molecule has 1 saturated heterocycles. The molecule has 1 aromatic carbocycles. The molecule has 0 N–H and O–H groups in total. The second kappa shape index (κ2) is 6.54. The third-order valence-corrected chi connectivity index (χ3v) is 4.73. The zero-order chi connectivity index (χ0) is 16.4. The first kappa shape index (κ1) is 15.0. The van der Waals surface area contributed by atoms with E-state index in [0.717, 1.165) is 10.4 Å². The first-order valence-electron chi connectivity index (χ1n) is 7.60. The van der Waals surface area contributed by atoms with Crippen LogP contribution in [0.5, 0.6) is 0 Å². The Bertz CT molecular complexity index is 817. The second-order valence-corrected chi connectivity index (χ2v) is 6.42. The Hall–Kier alpha value is -2.51. The van der Waals surface area contributed by atoms with E-state index in [1.165, 1.54) is 0 Å². The van der Waals surface area contributed by atoms with E-state index in [0.29, 0.717) is 24.9 Å². The van der Waals surface area contributed by atoms with Crippen LogP contribution in [0.4, 0.5) is 0 Å². The van der Waals surface area contributed by atoms with E-state index in [4.69, 9.17) is 9.26 Å². The second-order valence-electron chi connectivity index (χ2n) is 5.47. The zero-order valence-electron chi connectivity index (χ0n) is 12.8. The lowest BCUT2D eigenvalue weighted by Crippen LogP contribution is -2.43. The number of carbonyl (C=O) groups is 1. The normalized spacial score (nSPS) is 18.1. The van der Waals surface area contributed by atoms with Gasteiger partial charge >= 0.3 is 0 Å². The van der Waals surface area contributed by atoms with Crippen LogP contribution in [0, 0.1) is 0 Å². The Balaban J connectivity index is 1.61. The molecule has 0 aliphatic carbocycles. The molecule has 1 fully saturated rings. The van der Waals surface area contributed by atoms with Crippen molar-refractivity contribution in [1.82, 2.24) is 15.0 Å². The van der Waals surface area contributed by atoms with Crippen LogP contribution in [0.25, 0.3) is 10.7 Å². The minimum absolute atomic E-state index is 0.0778. The topological polar surface area (TPSA) is 68.5 Å². The molecule has 7 heteroatoms. The van der Waals surface area contributed by atoms with Gasteiger partial charge in [0.15, 0.2) is 0 Å². The predicted octanol–water partition coefficient (Wildman–Crippen LogP) is 2.90. The van der Waals surface area contributed by atoms with Gasteiger partial charge in [-0.25, -0.2) is 0 Å². The lowest BCUT2D eigenvalue weighted by molar-refractivity contribution is -0.150. The minimum atomic E-state index is -0.368. The summed E-state index contributed by atoms with van der Waals surface area (Å²) in [6.45, 7) is 0.921. The standard InChI is InChI=1S/C17H15N3O3S/c21-15-11-22-10-13(20(15)9-12-5-2-1-3-6-12)17-18-16(19-23-17)14-7-4-8-24-14/h1-8,13H,9-11H2. The quantitative estimate of drug-likeness (QED) is 0.730. The van der Waals surface area contributed by atoms with Gasteiger partial charge in [-0.15, -0.1) is 11.3 Å². The van der Waals surface area contributed by atoms with Gasteiger partial charge in [-0.3, -0.25) is 4.79 Å². The first-order chi connectivity index (χ1) is 11.8. The molecule has 122 valence electrons. The highest BCUT2D eigenvalue weighted by Gasteiger charge is 2.34. The lowest BCUT2D eigenvalue weighted by Gasteiger charge is -2.33. The number of rotatable bonds is 4. The van der Waals surface area contributed by atoms with E-state index in [-0.39, 0.29) is 18.6 Å². The molecule has 2 aromatic heterocycles. The summed E-state index contributed by atoms with van der Waals surface area (Å²) in [6.07, 6.45) is 0. The van der Waals surface area contributed by atoms with Crippen LogP contribution in [0.15, 0.2) is 52.4 Å². The van der Waals surface area contributed by atoms with Gasteiger partial charge in [0.05, 0.1) is 11.5 Å². The summed E-state index contributed by atoms with van der Waals surface area (Å²) in [7, 11) is 0. The molecule has 1 atom stereocenters. The van der Waals surface area contributed by atoms with Crippen molar-refractivity contribution in [3.8, 4) is 10.7 Å². The van der Waals surface area contributed by atoms with Crippen molar-refractivity contribution in [2.75, 3.05) is 13.2 Å². The highest BCUT2D eigenvalue weighted by molar-refractivity contribution is 7.13. The van der Waals surface area contributed by atoms with Crippen LogP contribution >= 0.6 is 11.3 Å². The molecule has 0 spiro atoms. The Morgan fingerprint density at radius 1 is 1.21 bits per heavy atom. The van der Waals surface area contributed by atoms with Gasteiger partial charge in [0.25, 0.3) is 5.89 Å². The Morgan fingerprint density at radius 3 is 2.88 bits per heavy atom. The van der Waals surface area contributed by atoms with Gasteiger partial charge in [-0.1, -0.05) is 41.6 Å². The van der Waals surface area contributed by atoms with Gasteiger partial charge in [0.2, 0.25) is 11.7 Å². The van der Waals surface area contributed by atoms with Crippen molar-refractivity contribution in [1.29, 1.82) is 0 Å². The largest absolute Gasteiger partial charge is 0.369 e. The van der Waals surface area contributed by atoms with E-state index in [1.807, 2.05) is 47.8 Å². The predicted molar refractivity (Wildman–Crippen MR) is 88.2 cm³/mol. The van der Waals surface area contributed by atoms with E-state index >= 15 is 0 Å². The molecule has 1 amide bonds. The van der Waals surface area contributed by atoms with Gasteiger partial charge in [-0.2, -0.15) is 4.98 Å². The van der Waals surface area contributed by atoms with E-state index in [1.54, 1.807) is 16.2 Å². The van der Waals surface area contributed by atoms with Crippen LogP contribution in [-0.2, 0) is 16.1 Å². The van der Waals surface area contributed by atoms with E-state index in [2.05, 4.69) is 10.1 Å². The van der Waals surface area contributed by atoms with E-state index in [9.17, 15) is 4.79 Å². The molecular formula is C17H15N3O3S. The maximum absolute atomic E-state index is 12.3. The van der Waals surface area contributed by atoms with Crippen LogP contribution in [-0.4, -0.2) is 34.2 Å². The SMILES string of the molecule is O=C1COCC(c2nc(-c3cccs3)no2)N1Cc1ccccc1.